The fourth-order valence-corrected chi connectivity index (χ4v) is 1.70. The molecule has 3 nitrogen and oxygen atoms in total. The van der Waals surface area contributed by atoms with Gasteiger partial charge in [0.1, 0.15) is 11.6 Å². The van der Waals surface area contributed by atoms with Gasteiger partial charge in [-0.25, -0.2) is 8.78 Å². The predicted octanol–water partition coefficient (Wildman–Crippen LogP) is 1.91. The zero-order valence-corrected chi connectivity index (χ0v) is 10.5. The number of nitrogens with zero attached hydrogens (tertiary/aromatic N) is 1. The highest BCUT2D eigenvalue weighted by Crippen LogP contribution is 2.23. The van der Waals surface area contributed by atoms with Gasteiger partial charge in [0, 0.05) is 26.1 Å². The molecule has 0 bridgehead atoms. The lowest BCUT2D eigenvalue weighted by Crippen LogP contribution is -2.30. The van der Waals surface area contributed by atoms with E-state index in [1.165, 1.54) is 17.0 Å². The highest BCUT2D eigenvalue weighted by atomic mass is 19.1. The first-order valence-electron chi connectivity index (χ1n) is 5.75. The minimum absolute atomic E-state index is 0.110. The average molecular weight is 257 g/mol. The molecule has 100 valence electrons. The molecule has 0 aliphatic carbocycles. The molecule has 1 atom stereocenters. The highest BCUT2D eigenvalue weighted by Gasteiger charge is 2.17. The van der Waals surface area contributed by atoms with Crippen LogP contribution in [0.15, 0.2) is 18.2 Å². The van der Waals surface area contributed by atoms with Crippen LogP contribution in [-0.2, 0) is 4.79 Å². The van der Waals surface area contributed by atoms with Gasteiger partial charge in [0.2, 0.25) is 5.91 Å². The maximum Gasteiger partial charge on any atom is 0.222 e. The van der Waals surface area contributed by atoms with Gasteiger partial charge in [-0.2, -0.15) is 0 Å². The molecule has 1 aromatic carbocycles. The smallest absolute Gasteiger partial charge is 0.222 e. The van der Waals surface area contributed by atoms with E-state index in [0.29, 0.717) is 5.56 Å². The Morgan fingerprint density at radius 3 is 2.67 bits per heavy atom. The molecule has 5 heteroatoms. The third-order valence-corrected chi connectivity index (χ3v) is 2.84. The molecule has 0 spiro atoms. The van der Waals surface area contributed by atoms with Gasteiger partial charge < -0.3 is 10.0 Å². The number of likely N-dealkylation sites (N-methyl/N-ethyl adjacent to an activating group) is 1. The van der Waals surface area contributed by atoms with Crippen LogP contribution in [0.4, 0.5) is 8.78 Å². The number of amides is 1. The Morgan fingerprint density at radius 2 is 2.11 bits per heavy atom. The second-order valence-corrected chi connectivity index (χ2v) is 4.31. The SMILES string of the molecule is C[C@H](CC(=O)N(C)CCO)c1ccc(F)cc1F. The fraction of sp³-hybridized carbons (Fsp3) is 0.462. The number of aliphatic hydroxyl groups excluding tert-OH is 1. The number of hydrogen-bond acceptors (Lipinski definition) is 2. The van der Waals surface area contributed by atoms with Crippen molar-refractivity contribution in [2.24, 2.45) is 0 Å². The minimum Gasteiger partial charge on any atom is -0.395 e. The first-order chi connectivity index (χ1) is 8.45. The molecule has 0 saturated heterocycles. The van der Waals surface area contributed by atoms with Gasteiger partial charge in [-0.05, 0) is 17.5 Å². The predicted molar refractivity (Wildman–Crippen MR) is 64.1 cm³/mol. The molecule has 0 aromatic heterocycles. The Kier molecular flexibility index (Phi) is 5.22. The summed E-state index contributed by atoms with van der Waals surface area (Å²) < 4.78 is 26.3. The van der Waals surface area contributed by atoms with Crippen LogP contribution in [0.2, 0.25) is 0 Å². The topological polar surface area (TPSA) is 40.5 Å². The molecule has 1 N–H and O–H groups in total. The van der Waals surface area contributed by atoms with E-state index >= 15 is 0 Å². The van der Waals surface area contributed by atoms with E-state index in [9.17, 15) is 13.6 Å². The van der Waals surface area contributed by atoms with Crippen LogP contribution in [0, 0.1) is 11.6 Å². The van der Waals surface area contributed by atoms with Gasteiger partial charge in [0.15, 0.2) is 0 Å². The molecule has 0 aliphatic rings. The molecule has 1 aromatic rings. The summed E-state index contributed by atoms with van der Waals surface area (Å²) in [5.74, 6) is -1.79. The van der Waals surface area contributed by atoms with Crippen LogP contribution in [0.1, 0.15) is 24.8 Å². The summed E-state index contributed by atoms with van der Waals surface area (Å²) in [7, 11) is 1.58. The summed E-state index contributed by atoms with van der Waals surface area (Å²) in [6.07, 6.45) is 0.124. The summed E-state index contributed by atoms with van der Waals surface area (Å²) in [5, 5.41) is 8.72. The number of carbonyl (C=O) groups excluding carboxylic acids is 1. The average Bonchev–Trinajstić information content (AvgIpc) is 2.28. The molecule has 0 heterocycles. The van der Waals surface area contributed by atoms with Gasteiger partial charge in [-0.15, -0.1) is 0 Å². The van der Waals surface area contributed by atoms with Crippen molar-refractivity contribution in [3.05, 3.63) is 35.4 Å². The minimum atomic E-state index is -0.639. The molecule has 0 fully saturated rings. The standard InChI is InChI=1S/C13H17F2NO2/c1-9(7-13(18)16(2)5-6-17)11-4-3-10(14)8-12(11)15/h3-4,8-9,17H,5-7H2,1-2H3/t9-/m1/s1. The normalized spacial score (nSPS) is 12.3. The number of hydrogen-bond donors (Lipinski definition) is 1. The van der Waals surface area contributed by atoms with Gasteiger partial charge in [0.25, 0.3) is 0 Å². The lowest BCUT2D eigenvalue weighted by atomic mass is 9.96. The monoisotopic (exact) mass is 257 g/mol. The van der Waals surface area contributed by atoms with E-state index in [4.69, 9.17) is 5.11 Å². The van der Waals surface area contributed by atoms with Crippen LogP contribution in [-0.4, -0.2) is 36.1 Å². The van der Waals surface area contributed by atoms with Crippen molar-refractivity contribution in [2.75, 3.05) is 20.2 Å². The Bertz CT molecular complexity index is 423. The number of carbonyl (C=O) groups is 1. The summed E-state index contributed by atoms with van der Waals surface area (Å²) in [6, 6.07) is 3.35. The molecular formula is C13H17F2NO2. The third-order valence-electron chi connectivity index (χ3n) is 2.84. The second-order valence-electron chi connectivity index (χ2n) is 4.31. The van der Waals surface area contributed by atoms with Crippen molar-refractivity contribution in [1.82, 2.24) is 4.90 Å². The van der Waals surface area contributed by atoms with E-state index in [2.05, 4.69) is 0 Å². The molecule has 1 amide bonds. The second kappa shape index (κ2) is 6.44. The summed E-state index contributed by atoms with van der Waals surface area (Å²) in [4.78, 5) is 13.1. The zero-order chi connectivity index (χ0) is 13.7. The number of halogens is 2. The van der Waals surface area contributed by atoms with Crippen molar-refractivity contribution in [1.29, 1.82) is 0 Å². The largest absolute Gasteiger partial charge is 0.395 e. The first-order valence-corrected chi connectivity index (χ1v) is 5.75. The zero-order valence-electron chi connectivity index (χ0n) is 10.5. The molecular weight excluding hydrogens is 240 g/mol. The molecule has 0 radical (unpaired) electrons. The van der Waals surface area contributed by atoms with E-state index in [0.717, 1.165) is 6.07 Å². The summed E-state index contributed by atoms with van der Waals surface area (Å²) in [6.45, 7) is 1.85. The Labute approximate surface area is 105 Å². The van der Waals surface area contributed by atoms with Crippen LogP contribution in [0.3, 0.4) is 0 Å². The number of aliphatic hydroxyl groups is 1. The van der Waals surface area contributed by atoms with Crippen LogP contribution < -0.4 is 0 Å². The van der Waals surface area contributed by atoms with Gasteiger partial charge in [0.05, 0.1) is 6.61 Å². The van der Waals surface area contributed by atoms with Crippen molar-refractivity contribution < 1.29 is 18.7 Å². The highest BCUT2D eigenvalue weighted by molar-refractivity contribution is 5.76. The molecule has 0 aliphatic heterocycles. The molecule has 18 heavy (non-hydrogen) atoms. The van der Waals surface area contributed by atoms with Crippen LogP contribution >= 0.6 is 0 Å². The maximum atomic E-state index is 13.5. The van der Waals surface area contributed by atoms with Crippen molar-refractivity contribution >= 4 is 5.91 Å². The Hall–Kier alpha value is -1.49. The quantitative estimate of drug-likeness (QED) is 0.875. The Balaban J connectivity index is 2.70. The van der Waals surface area contributed by atoms with Crippen LogP contribution in [0.25, 0.3) is 0 Å². The van der Waals surface area contributed by atoms with Gasteiger partial charge in [-0.3, -0.25) is 4.79 Å². The maximum absolute atomic E-state index is 13.5. The van der Waals surface area contributed by atoms with E-state index in [-0.39, 0.29) is 31.4 Å². The molecule has 1 rings (SSSR count). The van der Waals surface area contributed by atoms with Gasteiger partial charge >= 0.3 is 0 Å². The van der Waals surface area contributed by atoms with E-state index in [1.54, 1.807) is 14.0 Å². The number of benzene rings is 1. The van der Waals surface area contributed by atoms with Crippen LogP contribution in [0.5, 0.6) is 0 Å². The summed E-state index contributed by atoms with van der Waals surface area (Å²) >= 11 is 0. The lowest BCUT2D eigenvalue weighted by Gasteiger charge is -2.19. The van der Waals surface area contributed by atoms with Crippen molar-refractivity contribution in [3.8, 4) is 0 Å². The van der Waals surface area contributed by atoms with Gasteiger partial charge in [-0.1, -0.05) is 13.0 Å². The summed E-state index contributed by atoms with van der Waals surface area (Å²) in [5.41, 5.74) is 0.321. The first kappa shape index (κ1) is 14.6. The Morgan fingerprint density at radius 1 is 1.44 bits per heavy atom. The third kappa shape index (κ3) is 3.77. The van der Waals surface area contributed by atoms with Crippen molar-refractivity contribution in [2.45, 2.75) is 19.3 Å². The fourth-order valence-electron chi connectivity index (χ4n) is 1.70. The molecule has 0 saturated carbocycles. The van der Waals surface area contributed by atoms with E-state index in [1.807, 2.05) is 0 Å². The van der Waals surface area contributed by atoms with E-state index < -0.39 is 11.6 Å². The van der Waals surface area contributed by atoms with Crippen molar-refractivity contribution in [3.63, 3.8) is 0 Å². The molecule has 0 unspecified atom stereocenters. The number of rotatable bonds is 5. The lowest BCUT2D eigenvalue weighted by molar-refractivity contribution is -0.130.